The second-order valence-corrected chi connectivity index (χ2v) is 5.11. The monoisotopic (exact) mass is 306 g/mol. The number of para-hydroxylation sites is 2. The van der Waals surface area contributed by atoms with Crippen LogP contribution in [0.15, 0.2) is 73.1 Å². The third-order valence-corrected chi connectivity index (χ3v) is 3.62. The summed E-state index contributed by atoms with van der Waals surface area (Å²) >= 11 is 0. The van der Waals surface area contributed by atoms with Gasteiger partial charge in [0.2, 0.25) is 0 Å². The van der Waals surface area contributed by atoms with Gasteiger partial charge in [-0.05, 0) is 35.9 Å². The Morgan fingerprint density at radius 3 is 2.52 bits per heavy atom. The summed E-state index contributed by atoms with van der Waals surface area (Å²) in [4.78, 5) is 6.20. The average Bonchev–Trinajstić information content (AvgIpc) is 2.62. The number of pyridine rings is 1. The van der Waals surface area contributed by atoms with Gasteiger partial charge in [-0.15, -0.1) is 0 Å². The van der Waals surface area contributed by atoms with E-state index in [2.05, 4.69) is 4.98 Å². The van der Waals surface area contributed by atoms with Crippen molar-refractivity contribution in [3.05, 3.63) is 78.6 Å². The fourth-order valence-electron chi connectivity index (χ4n) is 2.49. The van der Waals surface area contributed by atoms with Crippen LogP contribution in [0.2, 0.25) is 0 Å². The third kappa shape index (κ3) is 3.26. The summed E-state index contributed by atoms with van der Waals surface area (Å²) in [5.41, 5.74) is 2.73. The van der Waals surface area contributed by atoms with Crippen molar-refractivity contribution in [3.8, 4) is 11.5 Å². The molecule has 2 aromatic carbocycles. The van der Waals surface area contributed by atoms with Crippen LogP contribution in [0.5, 0.6) is 11.5 Å². The Labute approximate surface area is 135 Å². The van der Waals surface area contributed by atoms with Crippen LogP contribution in [0, 0.1) is 0 Å². The second kappa shape index (κ2) is 6.83. The number of phenolic OH excluding ortho intramolecular Hbond substituents is 1. The topological polar surface area (TPSA) is 45.6 Å². The van der Waals surface area contributed by atoms with E-state index in [0.29, 0.717) is 18.0 Å². The van der Waals surface area contributed by atoms with Gasteiger partial charge in [-0.25, -0.2) is 0 Å². The van der Waals surface area contributed by atoms with Crippen LogP contribution in [-0.2, 0) is 6.54 Å². The molecule has 1 heterocycles. The van der Waals surface area contributed by atoms with Gasteiger partial charge in [-0.2, -0.15) is 0 Å². The smallest absolute Gasteiger partial charge is 0.181 e. The first-order chi connectivity index (χ1) is 11.3. The second-order valence-electron chi connectivity index (χ2n) is 5.11. The quantitative estimate of drug-likeness (QED) is 0.769. The number of hydrogen-bond acceptors (Lipinski definition) is 4. The van der Waals surface area contributed by atoms with Crippen molar-refractivity contribution in [2.45, 2.75) is 6.54 Å². The molecule has 0 amide bonds. The number of methoxy groups -OCH3 is 1. The molecule has 116 valence electrons. The lowest BCUT2D eigenvalue weighted by atomic mass is 10.1. The first-order valence-corrected chi connectivity index (χ1v) is 7.37. The van der Waals surface area contributed by atoms with Crippen molar-refractivity contribution >= 4 is 11.4 Å². The van der Waals surface area contributed by atoms with E-state index in [4.69, 9.17) is 4.74 Å². The number of anilines is 2. The van der Waals surface area contributed by atoms with Crippen molar-refractivity contribution in [2.75, 3.05) is 12.0 Å². The largest absolute Gasteiger partial charge is 0.503 e. The molecule has 4 nitrogen and oxygen atoms in total. The predicted octanol–water partition coefficient (Wildman–Crippen LogP) is 4.13. The number of hydrogen-bond donors (Lipinski definition) is 1. The number of ether oxygens (including phenoxy) is 1. The molecule has 0 bridgehead atoms. The molecule has 3 aromatic rings. The molecule has 0 aliphatic heterocycles. The summed E-state index contributed by atoms with van der Waals surface area (Å²) in [7, 11) is 1.55. The highest BCUT2D eigenvalue weighted by Crippen LogP contribution is 2.40. The number of nitrogens with zero attached hydrogens (tertiary/aromatic N) is 2. The molecule has 0 aliphatic carbocycles. The Kier molecular flexibility index (Phi) is 4.43. The summed E-state index contributed by atoms with van der Waals surface area (Å²) in [6.45, 7) is 0.596. The van der Waals surface area contributed by atoms with Crippen LogP contribution in [0.1, 0.15) is 5.56 Å². The third-order valence-electron chi connectivity index (χ3n) is 3.62. The van der Waals surface area contributed by atoms with E-state index in [9.17, 15) is 5.11 Å². The molecular weight excluding hydrogens is 288 g/mol. The van der Waals surface area contributed by atoms with Crippen LogP contribution >= 0.6 is 0 Å². The summed E-state index contributed by atoms with van der Waals surface area (Å²) in [5.74, 6) is 0.581. The van der Waals surface area contributed by atoms with Crippen molar-refractivity contribution in [1.29, 1.82) is 0 Å². The first kappa shape index (κ1) is 14.9. The number of aromatic hydroxyl groups is 1. The minimum atomic E-state index is 0.128. The van der Waals surface area contributed by atoms with E-state index in [-0.39, 0.29) is 5.75 Å². The predicted molar refractivity (Wildman–Crippen MR) is 91.2 cm³/mol. The maximum absolute atomic E-state index is 10.5. The van der Waals surface area contributed by atoms with Crippen LogP contribution in [-0.4, -0.2) is 17.2 Å². The van der Waals surface area contributed by atoms with Crippen LogP contribution in [0.25, 0.3) is 0 Å². The molecule has 0 spiro atoms. The summed E-state index contributed by atoms with van der Waals surface area (Å²) < 4.78 is 5.23. The van der Waals surface area contributed by atoms with Gasteiger partial charge in [0.1, 0.15) is 0 Å². The Bertz CT molecular complexity index is 761. The summed E-state index contributed by atoms with van der Waals surface area (Å²) in [6.07, 6.45) is 3.58. The lowest BCUT2D eigenvalue weighted by Crippen LogP contribution is -2.16. The molecule has 0 radical (unpaired) electrons. The van der Waals surface area contributed by atoms with E-state index >= 15 is 0 Å². The highest BCUT2D eigenvalue weighted by Gasteiger charge is 2.16. The van der Waals surface area contributed by atoms with Gasteiger partial charge in [-0.1, -0.05) is 30.3 Å². The minimum Gasteiger partial charge on any atom is -0.503 e. The molecule has 0 atom stereocenters. The molecule has 0 aliphatic rings. The standard InChI is InChI=1S/C19H18N2O2/c1-23-18-11-5-10-17(19(18)22)21(16-8-3-2-4-9-16)14-15-7-6-12-20-13-15/h2-13,22H,14H2,1H3. The lowest BCUT2D eigenvalue weighted by molar-refractivity contribution is 0.374. The molecule has 1 N–H and O–H groups in total. The maximum Gasteiger partial charge on any atom is 0.181 e. The van der Waals surface area contributed by atoms with Crippen molar-refractivity contribution < 1.29 is 9.84 Å². The number of benzene rings is 2. The summed E-state index contributed by atoms with van der Waals surface area (Å²) in [5, 5.41) is 10.5. The van der Waals surface area contributed by atoms with Crippen LogP contribution in [0.4, 0.5) is 11.4 Å². The highest BCUT2D eigenvalue weighted by molar-refractivity contribution is 5.72. The van der Waals surface area contributed by atoms with Gasteiger partial charge < -0.3 is 14.7 Å². The fraction of sp³-hybridized carbons (Fsp3) is 0.105. The first-order valence-electron chi connectivity index (χ1n) is 7.37. The van der Waals surface area contributed by atoms with E-state index in [1.807, 2.05) is 65.7 Å². The maximum atomic E-state index is 10.5. The molecule has 3 rings (SSSR count). The number of phenols is 1. The fourth-order valence-corrected chi connectivity index (χ4v) is 2.49. The van der Waals surface area contributed by atoms with Gasteiger partial charge in [0.05, 0.1) is 12.8 Å². The summed E-state index contributed by atoms with van der Waals surface area (Å²) in [6, 6.07) is 19.3. The molecule has 1 aromatic heterocycles. The van der Waals surface area contributed by atoms with Crippen LogP contribution < -0.4 is 9.64 Å². The molecule has 4 heteroatoms. The van der Waals surface area contributed by atoms with Gasteiger partial charge in [0.25, 0.3) is 0 Å². The molecule has 23 heavy (non-hydrogen) atoms. The van der Waals surface area contributed by atoms with E-state index < -0.39 is 0 Å². The highest BCUT2D eigenvalue weighted by atomic mass is 16.5. The average molecular weight is 306 g/mol. The zero-order chi connectivity index (χ0) is 16.1. The van der Waals surface area contributed by atoms with Gasteiger partial charge in [0.15, 0.2) is 11.5 Å². The van der Waals surface area contributed by atoms with Gasteiger partial charge in [0, 0.05) is 24.6 Å². The number of rotatable bonds is 5. The number of aromatic nitrogens is 1. The van der Waals surface area contributed by atoms with Crippen LogP contribution in [0.3, 0.4) is 0 Å². The SMILES string of the molecule is COc1cccc(N(Cc2cccnc2)c2ccccc2)c1O. The molecule has 0 unspecified atom stereocenters. The van der Waals surface area contributed by atoms with E-state index in [1.54, 1.807) is 19.4 Å². The normalized spacial score (nSPS) is 10.3. The Morgan fingerprint density at radius 1 is 1.00 bits per heavy atom. The molecular formula is C19H18N2O2. The minimum absolute atomic E-state index is 0.128. The Morgan fingerprint density at radius 2 is 1.83 bits per heavy atom. The molecule has 0 saturated heterocycles. The van der Waals surface area contributed by atoms with Crippen molar-refractivity contribution in [2.24, 2.45) is 0 Å². The van der Waals surface area contributed by atoms with Crippen molar-refractivity contribution in [3.63, 3.8) is 0 Å². The van der Waals surface area contributed by atoms with E-state index in [0.717, 1.165) is 11.3 Å². The van der Waals surface area contributed by atoms with Gasteiger partial charge >= 0.3 is 0 Å². The zero-order valence-electron chi connectivity index (χ0n) is 12.9. The molecule has 0 saturated carbocycles. The van der Waals surface area contributed by atoms with Crippen molar-refractivity contribution in [1.82, 2.24) is 4.98 Å². The molecule has 0 fully saturated rings. The van der Waals surface area contributed by atoms with E-state index in [1.165, 1.54) is 0 Å². The van der Waals surface area contributed by atoms with Gasteiger partial charge in [-0.3, -0.25) is 4.98 Å². The lowest BCUT2D eigenvalue weighted by Gasteiger charge is -2.26. The zero-order valence-corrected chi connectivity index (χ0v) is 12.9. The Balaban J connectivity index is 2.05. The Hall–Kier alpha value is -3.01.